The van der Waals surface area contributed by atoms with Gasteiger partial charge in [-0.15, -0.1) is 0 Å². The van der Waals surface area contributed by atoms with E-state index in [2.05, 4.69) is 57.2 Å². The molecule has 0 amide bonds. The first kappa shape index (κ1) is 67.7. The van der Waals surface area contributed by atoms with Crippen molar-refractivity contribution < 1.29 is 52.2 Å². The quantitative estimate of drug-likeness (QED) is 0.0197. The molecule has 0 heterocycles. The van der Waals surface area contributed by atoms with Crippen LogP contribution in [0, 0.1) is 0 Å². The fraction of sp³-hybridized carbons (Fsp3) is 0.845. The van der Waals surface area contributed by atoms with Crippen molar-refractivity contribution >= 4 is 25.7 Å². The Bertz CT molecular complexity index is 1320. The van der Waals surface area contributed by atoms with Crippen LogP contribution in [-0.2, 0) is 42.2 Å². The summed E-state index contributed by atoms with van der Waals surface area (Å²) in [5, 5.41) is 9.81. The van der Waals surface area contributed by atoms with Crippen molar-refractivity contribution in [1.29, 1.82) is 0 Å². The third-order valence-corrected chi connectivity index (χ3v) is 13.5. The topological polar surface area (TPSA) is 155 Å². The Balaban J connectivity index is 4.70. The van der Waals surface area contributed by atoms with E-state index >= 15 is 0 Å². The van der Waals surface area contributed by atoms with Gasteiger partial charge in [0.15, 0.2) is 6.10 Å². The summed E-state index contributed by atoms with van der Waals surface area (Å²) in [7, 11) is -4.75. The first-order chi connectivity index (χ1) is 34.2. The molecule has 12 heteroatoms. The lowest BCUT2D eigenvalue weighted by atomic mass is 10.0. The number of carbonyl (C=O) groups excluding carboxylic acids is 3. The molecule has 0 aromatic rings. The second-order valence-corrected chi connectivity index (χ2v) is 20.9. The summed E-state index contributed by atoms with van der Waals surface area (Å²) in [5.74, 6) is -1.47. The van der Waals surface area contributed by atoms with Gasteiger partial charge in [-0.05, 0) is 70.6 Å². The molecule has 0 aromatic heterocycles. The lowest BCUT2D eigenvalue weighted by Crippen LogP contribution is -2.30. The minimum Gasteiger partial charge on any atom is -0.462 e. The summed E-state index contributed by atoms with van der Waals surface area (Å²) in [6.45, 7) is 4.59. The smallest absolute Gasteiger partial charge is 0.462 e. The van der Waals surface area contributed by atoms with Crippen molar-refractivity contribution in [3.8, 4) is 0 Å². The van der Waals surface area contributed by atoms with Gasteiger partial charge in [0.25, 0.3) is 0 Å². The Morgan fingerprint density at radius 1 is 0.400 bits per heavy atom. The minimum absolute atomic E-state index is 0.157. The van der Waals surface area contributed by atoms with E-state index in [1.165, 1.54) is 116 Å². The standard InChI is InChI=1S/C58H107O11P/c1-4-7-10-13-16-19-22-25-27-30-33-36-39-42-45-48-57(61)68-54(50-59)52-66-70(63,64)67-53-55(51-65-56(60)47-44-41-38-35-32-29-24-21-18-15-12-9-6-3)69-58(62)49-46-43-40-37-34-31-28-26-23-20-17-14-11-8-5-2/h12,15,21,24,26,28,54-55,59H,4-11,13-14,16-20,22-23,25,27,29-53H2,1-3H3,(H,63,64)/b15-12-,24-21-,28-26-. The normalized spacial score (nSPS) is 13.6. The van der Waals surface area contributed by atoms with E-state index in [4.69, 9.17) is 23.3 Å². The molecule has 0 radical (unpaired) electrons. The summed E-state index contributed by atoms with van der Waals surface area (Å²) in [4.78, 5) is 48.5. The number of phosphoric acid groups is 1. The maximum Gasteiger partial charge on any atom is 0.472 e. The highest BCUT2D eigenvalue weighted by Crippen LogP contribution is 2.43. The van der Waals surface area contributed by atoms with Crippen LogP contribution in [0.5, 0.6) is 0 Å². The van der Waals surface area contributed by atoms with Gasteiger partial charge in [0, 0.05) is 19.3 Å². The maximum absolute atomic E-state index is 12.9. The van der Waals surface area contributed by atoms with Gasteiger partial charge in [-0.1, -0.05) is 224 Å². The Morgan fingerprint density at radius 2 is 0.729 bits per heavy atom. The number of aliphatic hydroxyl groups is 1. The van der Waals surface area contributed by atoms with Crippen LogP contribution < -0.4 is 0 Å². The van der Waals surface area contributed by atoms with Gasteiger partial charge < -0.3 is 24.2 Å². The monoisotopic (exact) mass is 1010 g/mol. The Kier molecular flexibility index (Phi) is 51.3. The lowest BCUT2D eigenvalue weighted by molar-refractivity contribution is -0.161. The fourth-order valence-corrected chi connectivity index (χ4v) is 8.88. The number of allylic oxidation sites excluding steroid dienone is 6. The zero-order chi connectivity index (χ0) is 51.3. The Labute approximate surface area is 429 Å². The molecular weight excluding hydrogens is 904 g/mol. The van der Waals surface area contributed by atoms with Crippen LogP contribution in [-0.4, -0.2) is 66.5 Å². The predicted octanol–water partition coefficient (Wildman–Crippen LogP) is 16.8. The van der Waals surface area contributed by atoms with Crippen molar-refractivity contribution in [1.82, 2.24) is 0 Å². The molecule has 0 aliphatic rings. The van der Waals surface area contributed by atoms with Gasteiger partial charge in [-0.3, -0.25) is 23.4 Å². The molecule has 0 aliphatic carbocycles. The van der Waals surface area contributed by atoms with E-state index < -0.39 is 57.8 Å². The Morgan fingerprint density at radius 3 is 1.13 bits per heavy atom. The van der Waals surface area contributed by atoms with Gasteiger partial charge in [0.05, 0.1) is 19.8 Å². The molecule has 410 valence electrons. The van der Waals surface area contributed by atoms with Crippen LogP contribution in [0.4, 0.5) is 0 Å². The number of unbranched alkanes of at least 4 members (excludes halogenated alkanes) is 31. The number of phosphoric ester groups is 1. The molecule has 3 unspecified atom stereocenters. The van der Waals surface area contributed by atoms with E-state index in [9.17, 15) is 28.9 Å². The average Bonchev–Trinajstić information content (AvgIpc) is 3.35. The molecule has 0 bridgehead atoms. The van der Waals surface area contributed by atoms with E-state index in [0.29, 0.717) is 19.3 Å². The lowest BCUT2D eigenvalue weighted by Gasteiger charge is -2.21. The second kappa shape index (κ2) is 53.0. The zero-order valence-corrected chi connectivity index (χ0v) is 46.1. The summed E-state index contributed by atoms with van der Waals surface area (Å²) in [6, 6.07) is 0. The number of hydrogen-bond donors (Lipinski definition) is 2. The van der Waals surface area contributed by atoms with Crippen LogP contribution in [0.25, 0.3) is 0 Å². The van der Waals surface area contributed by atoms with E-state index in [-0.39, 0.29) is 25.9 Å². The fourth-order valence-electron chi connectivity index (χ4n) is 8.10. The van der Waals surface area contributed by atoms with Gasteiger partial charge in [0.1, 0.15) is 12.7 Å². The first-order valence-electron chi connectivity index (χ1n) is 28.9. The van der Waals surface area contributed by atoms with E-state index in [0.717, 1.165) is 103 Å². The molecule has 3 atom stereocenters. The van der Waals surface area contributed by atoms with Gasteiger partial charge in [-0.25, -0.2) is 4.57 Å². The molecule has 2 N–H and O–H groups in total. The van der Waals surface area contributed by atoms with Crippen molar-refractivity contribution in [2.45, 2.75) is 290 Å². The molecule has 70 heavy (non-hydrogen) atoms. The number of hydrogen-bond acceptors (Lipinski definition) is 10. The van der Waals surface area contributed by atoms with Crippen molar-refractivity contribution in [2.75, 3.05) is 26.4 Å². The summed E-state index contributed by atoms with van der Waals surface area (Å²) in [5.41, 5.74) is 0. The SMILES string of the molecule is CCC/C=C\C/C=C\CCCCCCCC(=O)OCC(COP(=O)(O)OCC(CO)OC(=O)CCCCCCCCCCCCCCCCC)OC(=O)CCCCCCC/C=C\CCCCCCCC. The number of rotatable bonds is 54. The van der Waals surface area contributed by atoms with Crippen LogP contribution in [0.3, 0.4) is 0 Å². The molecular formula is C58H107O11P. The predicted molar refractivity (Wildman–Crippen MR) is 289 cm³/mol. The number of ether oxygens (including phenoxy) is 3. The van der Waals surface area contributed by atoms with Gasteiger partial charge in [-0.2, -0.15) is 0 Å². The number of carbonyl (C=O) groups is 3. The van der Waals surface area contributed by atoms with Gasteiger partial charge in [0.2, 0.25) is 0 Å². The van der Waals surface area contributed by atoms with Gasteiger partial charge >= 0.3 is 25.7 Å². The molecule has 0 aromatic carbocycles. The van der Waals surface area contributed by atoms with Crippen LogP contribution in [0.15, 0.2) is 36.5 Å². The van der Waals surface area contributed by atoms with Crippen LogP contribution >= 0.6 is 7.82 Å². The van der Waals surface area contributed by atoms with E-state index in [1.807, 2.05) is 0 Å². The Hall–Kier alpha value is -2.30. The van der Waals surface area contributed by atoms with E-state index in [1.54, 1.807) is 0 Å². The first-order valence-corrected chi connectivity index (χ1v) is 30.4. The minimum atomic E-state index is -4.75. The molecule has 11 nitrogen and oxygen atoms in total. The molecule has 0 saturated heterocycles. The third kappa shape index (κ3) is 50.6. The highest BCUT2D eigenvalue weighted by Gasteiger charge is 2.28. The second-order valence-electron chi connectivity index (χ2n) is 19.5. The maximum atomic E-state index is 12.9. The highest BCUT2D eigenvalue weighted by atomic mass is 31.2. The van der Waals surface area contributed by atoms with Crippen molar-refractivity contribution in [2.24, 2.45) is 0 Å². The molecule has 0 spiro atoms. The third-order valence-electron chi connectivity index (χ3n) is 12.5. The molecule has 0 aliphatic heterocycles. The van der Waals surface area contributed by atoms with Crippen molar-refractivity contribution in [3.63, 3.8) is 0 Å². The molecule has 0 rings (SSSR count). The molecule has 0 saturated carbocycles. The number of esters is 3. The largest absolute Gasteiger partial charge is 0.472 e. The molecule has 0 fully saturated rings. The van der Waals surface area contributed by atoms with Crippen molar-refractivity contribution in [3.05, 3.63) is 36.5 Å². The summed E-state index contributed by atoms with van der Waals surface area (Å²) < 4.78 is 39.5. The highest BCUT2D eigenvalue weighted by molar-refractivity contribution is 7.47. The zero-order valence-electron chi connectivity index (χ0n) is 45.2. The number of aliphatic hydroxyl groups excluding tert-OH is 1. The van der Waals surface area contributed by atoms with Crippen LogP contribution in [0.1, 0.15) is 278 Å². The van der Waals surface area contributed by atoms with Crippen LogP contribution in [0.2, 0.25) is 0 Å². The summed E-state index contributed by atoms with van der Waals surface area (Å²) in [6.07, 6.45) is 53.8. The average molecular weight is 1010 g/mol. The summed E-state index contributed by atoms with van der Waals surface area (Å²) >= 11 is 0.